The monoisotopic (exact) mass is 149 g/mol. The summed E-state index contributed by atoms with van der Waals surface area (Å²) in [5, 5.41) is 0. The molecule has 0 fully saturated rings. The van der Waals surface area contributed by atoms with Crippen LogP contribution in [-0.4, -0.2) is 12.8 Å². The lowest BCUT2D eigenvalue weighted by Crippen LogP contribution is -2.04. The van der Waals surface area contributed by atoms with Gasteiger partial charge < -0.3 is 0 Å². The largest absolute Gasteiger partial charge is 0.292 e. The number of halogens is 1. The second-order valence-electron chi connectivity index (χ2n) is 2.59. The molecule has 0 N–H and O–H groups in total. The molecule has 0 amide bonds. The molecule has 2 heteroatoms. The lowest BCUT2D eigenvalue weighted by Gasteiger charge is -2.09. The van der Waals surface area contributed by atoms with E-state index in [1.54, 1.807) is 12.3 Å². The van der Waals surface area contributed by atoms with Gasteiger partial charge in [-0.15, -0.1) is 0 Å². The Morgan fingerprint density at radius 1 is 1.36 bits per heavy atom. The van der Waals surface area contributed by atoms with Crippen molar-refractivity contribution < 1.29 is 4.39 Å². The molecule has 0 aliphatic carbocycles. The molecule has 1 aromatic rings. The van der Waals surface area contributed by atoms with Crippen molar-refractivity contribution in [2.75, 3.05) is 6.54 Å². The Morgan fingerprint density at radius 3 is 3.09 bits per heavy atom. The number of fused-ring (bicyclic) bond motifs is 1. The van der Waals surface area contributed by atoms with Gasteiger partial charge in [0.1, 0.15) is 5.82 Å². The van der Waals surface area contributed by atoms with Gasteiger partial charge in [0.25, 0.3) is 0 Å². The van der Waals surface area contributed by atoms with Gasteiger partial charge in [-0.1, -0.05) is 12.1 Å². The van der Waals surface area contributed by atoms with Gasteiger partial charge in [-0.2, -0.15) is 0 Å². The first kappa shape index (κ1) is 6.53. The van der Waals surface area contributed by atoms with Crippen LogP contribution >= 0.6 is 0 Å². The van der Waals surface area contributed by atoms with E-state index in [1.807, 2.05) is 6.07 Å². The molecule has 0 saturated heterocycles. The van der Waals surface area contributed by atoms with Crippen molar-refractivity contribution in [2.24, 2.45) is 4.99 Å². The summed E-state index contributed by atoms with van der Waals surface area (Å²) in [4.78, 5) is 4.07. The van der Waals surface area contributed by atoms with Crippen molar-refractivity contribution in [2.45, 2.75) is 6.42 Å². The molecule has 1 nitrogen and oxygen atoms in total. The van der Waals surface area contributed by atoms with E-state index < -0.39 is 0 Å². The summed E-state index contributed by atoms with van der Waals surface area (Å²) in [6.45, 7) is 0.716. The van der Waals surface area contributed by atoms with Crippen LogP contribution in [0.15, 0.2) is 23.2 Å². The summed E-state index contributed by atoms with van der Waals surface area (Å²) >= 11 is 0. The normalized spacial score (nSPS) is 14.6. The average molecular weight is 149 g/mol. The molecule has 1 aliphatic heterocycles. The lowest BCUT2D eigenvalue weighted by molar-refractivity contribution is 0.608. The van der Waals surface area contributed by atoms with E-state index in [-0.39, 0.29) is 5.82 Å². The number of hydrogen-bond acceptors (Lipinski definition) is 1. The Bertz CT molecular complexity index is 304. The highest BCUT2D eigenvalue weighted by Crippen LogP contribution is 2.15. The lowest BCUT2D eigenvalue weighted by atomic mass is 10.0. The number of aliphatic imine (C=N–C) groups is 1. The SMILES string of the molecule is Fc1cccc2c1CCN=C2. The fraction of sp³-hybridized carbons (Fsp3) is 0.222. The predicted molar refractivity (Wildman–Crippen MR) is 42.6 cm³/mol. The van der Waals surface area contributed by atoms with Crippen LogP contribution in [-0.2, 0) is 6.42 Å². The van der Waals surface area contributed by atoms with Crippen LogP contribution in [0, 0.1) is 5.82 Å². The minimum Gasteiger partial charge on any atom is -0.292 e. The topological polar surface area (TPSA) is 12.4 Å². The van der Waals surface area contributed by atoms with Gasteiger partial charge >= 0.3 is 0 Å². The Hall–Kier alpha value is -1.18. The summed E-state index contributed by atoms with van der Waals surface area (Å²) in [5.74, 6) is -0.103. The second kappa shape index (κ2) is 2.46. The van der Waals surface area contributed by atoms with Gasteiger partial charge in [0.2, 0.25) is 0 Å². The number of benzene rings is 1. The maximum Gasteiger partial charge on any atom is 0.127 e. The zero-order chi connectivity index (χ0) is 7.68. The van der Waals surface area contributed by atoms with E-state index in [4.69, 9.17) is 0 Å². The summed E-state index contributed by atoms with van der Waals surface area (Å²) in [7, 11) is 0. The molecule has 2 rings (SSSR count). The molecule has 0 atom stereocenters. The molecule has 0 unspecified atom stereocenters. The van der Waals surface area contributed by atoms with Crippen molar-refractivity contribution in [1.82, 2.24) is 0 Å². The molecule has 0 saturated carbocycles. The van der Waals surface area contributed by atoms with Gasteiger partial charge in [-0.3, -0.25) is 4.99 Å². The molecular formula is C9H8FN. The molecule has 1 aliphatic rings. The van der Waals surface area contributed by atoms with Crippen LogP contribution in [0.25, 0.3) is 0 Å². The maximum absolute atomic E-state index is 13.0. The van der Waals surface area contributed by atoms with E-state index in [0.717, 1.165) is 17.5 Å². The molecule has 1 heterocycles. The number of hydrogen-bond donors (Lipinski definition) is 0. The Labute approximate surface area is 64.6 Å². The van der Waals surface area contributed by atoms with Gasteiger partial charge in [0.05, 0.1) is 0 Å². The minimum absolute atomic E-state index is 0.103. The highest BCUT2D eigenvalue weighted by Gasteiger charge is 2.08. The van der Waals surface area contributed by atoms with Gasteiger partial charge in [-0.05, 0) is 23.6 Å². The van der Waals surface area contributed by atoms with E-state index in [9.17, 15) is 4.39 Å². The first-order chi connectivity index (χ1) is 5.38. The van der Waals surface area contributed by atoms with E-state index in [2.05, 4.69) is 4.99 Å². The summed E-state index contributed by atoms with van der Waals surface area (Å²) in [6, 6.07) is 5.10. The Kier molecular flexibility index (Phi) is 1.46. The number of nitrogens with zero attached hydrogens (tertiary/aromatic N) is 1. The van der Waals surface area contributed by atoms with Crippen molar-refractivity contribution in [1.29, 1.82) is 0 Å². The quantitative estimate of drug-likeness (QED) is 0.533. The zero-order valence-corrected chi connectivity index (χ0v) is 6.05. The van der Waals surface area contributed by atoms with Crippen LogP contribution in [0.4, 0.5) is 4.39 Å². The van der Waals surface area contributed by atoms with Crippen molar-refractivity contribution in [3.05, 3.63) is 35.1 Å². The molecule has 0 radical (unpaired) electrons. The van der Waals surface area contributed by atoms with Gasteiger partial charge in [-0.25, -0.2) is 4.39 Å². The minimum atomic E-state index is -0.103. The van der Waals surface area contributed by atoms with Crippen LogP contribution in [0.1, 0.15) is 11.1 Å². The first-order valence-electron chi connectivity index (χ1n) is 3.65. The molecule has 0 aromatic heterocycles. The second-order valence-corrected chi connectivity index (χ2v) is 2.59. The van der Waals surface area contributed by atoms with E-state index in [0.29, 0.717) is 6.54 Å². The molecule has 11 heavy (non-hydrogen) atoms. The third kappa shape index (κ3) is 1.04. The molecule has 1 aromatic carbocycles. The summed E-state index contributed by atoms with van der Waals surface area (Å²) in [5.41, 5.74) is 1.73. The van der Waals surface area contributed by atoms with Crippen molar-refractivity contribution in [3.8, 4) is 0 Å². The Balaban J connectivity index is 2.60. The summed E-state index contributed by atoms with van der Waals surface area (Å²) in [6.07, 6.45) is 2.47. The predicted octanol–water partition coefficient (Wildman–Crippen LogP) is 1.80. The zero-order valence-electron chi connectivity index (χ0n) is 6.05. The standard InChI is InChI=1S/C9H8FN/c10-9-3-1-2-7-6-11-5-4-8(7)9/h1-3,6H,4-5H2. The summed E-state index contributed by atoms with van der Waals surface area (Å²) < 4.78 is 13.0. The fourth-order valence-corrected chi connectivity index (χ4v) is 1.30. The maximum atomic E-state index is 13.0. The van der Waals surface area contributed by atoms with E-state index >= 15 is 0 Å². The number of rotatable bonds is 0. The van der Waals surface area contributed by atoms with Crippen LogP contribution < -0.4 is 0 Å². The third-order valence-electron chi connectivity index (χ3n) is 1.88. The van der Waals surface area contributed by atoms with Crippen LogP contribution in [0.5, 0.6) is 0 Å². The smallest absolute Gasteiger partial charge is 0.127 e. The average Bonchev–Trinajstić information content (AvgIpc) is 2.06. The first-order valence-corrected chi connectivity index (χ1v) is 3.65. The molecular weight excluding hydrogens is 141 g/mol. The highest BCUT2D eigenvalue weighted by atomic mass is 19.1. The molecule has 0 spiro atoms. The van der Waals surface area contributed by atoms with Crippen LogP contribution in [0.2, 0.25) is 0 Å². The highest BCUT2D eigenvalue weighted by molar-refractivity contribution is 5.82. The van der Waals surface area contributed by atoms with Crippen molar-refractivity contribution >= 4 is 6.21 Å². The van der Waals surface area contributed by atoms with Crippen LogP contribution in [0.3, 0.4) is 0 Å². The van der Waals surface area contributed by atoms with Gasteiger partial charge in [0.15, 0.2) is 0 Å². The molecule has 56 valence electrons. The van der Waals surface area contributed by atoms with Gasteiger partial charge in [0, 0.05) is 12.8 Å². The van der Waals surface area contributed by atoms with Crippen molar-refractivity contribution in [3.63, 3.8) is 0 Å². The van der Waals surface area contributed by atoms with E-state index in [1.165, 1.54) is 6.07 Å². The third-order valence-corrected chi connectivity index (χ3v) is 1.88. The molecule has 0 bridgehead atoms. The fourth-order valence-electron chi connectivity index (χ4n) is 1.30. The Morgan fingerprint density at radius 2 is 2.27 bits per heavy atom.